The third kappa shape index (κ3) is 4.15. The van der Waals surface area contributed by atoms with Crippen LogP contribution in [0.5, 0.6) is 0 Å². The molecule has 0 radical (unpaired) electrons. The Kier molecular flexibility index (Phi) is 5.52. The number of rotatable bonds is 4. The minimum Gasteiger partial charge on any atom is -0.339 e. The normalized spacial score (nSPS) is 14.7. The van der Waals surface area contributed by atoms with Crippen molar-refractivity contribution in [2.75, 3.05) is 31.9 Å². The third-order valence-corrected chi connectivity index (χ3v) is 5.96. The molecule has 126 valence electrons. The number of hydrogen-bond acceptors (Lipinski definition) is 5. The molecule has 2 heterocycles. The molecule has 0 spiro atoms. The summed E-state index contributed by atoms with van der Waals surface area (Å²) in [4.78, 5) is 31.8. The number of amides is 2. The topological polar surface area (TPSA) is 53.5 Å². The molecular weight excluding hydrogens is 342 g/mol. The highest BCUT2D eigenvalue weighted by Gasteiger charge is 2.22. The van der Waals surface area contributed by atoms with Gasteiger partial charge in [0.1, 0.15) is 0 Å². The van der Waals surface area contributed by atoms with Crippen LogP contribution in [0, 0.1) is 0 Å². The van der Waals surface area contributed by atoms with E-state index in [0.717, 1.165) is 15.6 Å². The van der Waals surface area contributed by atoms with Gasteiger partial charge in [-0.25, -0.2) is 4.98 Å². The minimum atomic E-state index is 0.0766. The second-order valence-corrected chi connectivity index (χ2v) is 7.62. The Morgan fingerprint density at radius 1 is 1.12 bits per heavy atom. The zero-order valence-corrected chi connectivity index (χ0v) is 15.1. The van der Waals surface area contributed by atoms with Gasteiger partial charge >= 0.3 is 0 Å². The van der Waals surface area contributed by atoms with Gasteiger partial charge in [-0.05, 0) is 0 Å². The van der Waals surface area contributed by atoms with Crippen LogP contribution in [-0.4, -0.2) is 58.5 Å². The van der Waals surface area contributed by atoms with Gasteiger partial charge in [0.2, 0.25) is 11.8 Å². The average molecular weight is 361 g/mol. The van der Waals surface area contributed by atoms with Gasteiger partial charge in [0.25, 0.3) is 0 Å². The van der Waals surface area contributed by atoms with E-state index in [1.807, 2.05) is 40.6 Å². The third-order valence-electron chi connectivity index (χ3n) is 3.95. The molecule has 1 aromatic carbocycles. The standard InChI is InChI=1S/C17H19N3O2S2/c1-13(21)19-7-9-20(10-8-19)16(22)12-24-17-18-15(11-23-17)14-5-3-2-4-6-14/h2-6,11H,7-10,12H2,1H3. The van der Waals surface area contributed by atoms with Gasteiger partial charge in [-0.1, -0.05) is 42.1 Å². The quantitative estimate of drug-likeness (QED) is 0.786. The summed E-state index contributed by atoms with van der Waals surface area (Å²) in [5.41, 5.74) is 2.04. The zero-order valence-electron chi connectivity index (χ0n) is 13.5. The first-order valence-electron chi connectivity index (χ1n) is 7.80. The summed E-state index contributed by atoms with van der Waals surface area (Å²) < 4.78 is 0.907. The van der Waals surface area contributed by atoms with Gasteiger partial charge in [0.15, 0.2) is 4.34 Å². The second kappa shape index (κ2) is 7.81. The lowest BCUT2D eigenvalue weighted by Crippen LogP contribution is -2.50. The SMILES string of the molecule is CC(=O)N1CCN(C(=O)CSc2nc(-c3ccccc3)cs2)CC1. The van der Waals surface area contributed by atoms with Crippen LogP contribution < -0.4 is 0 Å². The van der Waals surface area contributed by atoms with E-state index < -0.39 is 0 Å². The van der Waals surface area contributed by atoms with Crippen molar-refractivity contribution in [2.45, 2.75) is 11.3 Å². The van der Waals surface area contributed by atoms with Crippen LogP contribution in [0.1, 0.15) is 6.92 Å². The largest absolute Gasteiger partial charge is 0.339 e. The molecule has 24 heavy (non-hydrogen) atoms. The van der Waals surface area contributed by atoms with E-state index in [4.69, 9.17) is 0 Å². The van der Waals surface area contributed by atoms with E-state index >= 15 is 0 Å². The molecule has 7 heteroatoms. The first-order valence-corrected chi connectivity index (χ1v) is 9.67. The molecule has 1 saturated heterocycles. The maximum Gasteiger partial charge on any atom is 0.233 e. The number of carbonyl (C=O) groups excluding carboxylic acids is 2. The summed E-state index contributed by atoms with van der Waals surface area (Å²) in [6, 6.07) is 10.0. The summed E-state index contributed by atoms with van der Waals surface area (Å²) in [7, 11) is 0. The van der Waals surface area contributed by atoms with E-state index in [1.54, 1.807) is 23.2 Å². The summed E-state index contributed by atoms with van der Waals surface area (Å²) in [5.74, 6) is 0.578. The average Bonchev–Trinajstić information content (AvgIpc) is 3.09. The van der Waals surface area contributed by atoms with Crippen molar-refractivity contribution in [1.82, 2.24) is 14.8 Å². The van der Waals surface area contributed by atoms with Gasteiger partial charge in [0, 0.05) is 44.0 Å². The molecule has 0 N–H and O–H groups in total. The smallest absolute Gasteiger partial charge is 0.233 e. The van der Waals surface area contributed by atoms with E-state index in [0.29, 0.717) is 31.9 Å². The summed E-state index contributed by atoms with van der Waals surface area (Å²) in [6.45, 7) is 4.06. The highest BCUT2D eigenvalue weighted by Crippen LogP contribution is 2.28. The van der Waals surface area contributed by atoms with E-state index in [-0.39, 0.29) is 11.8 Å². The molecule has 0 bridgehead atoms. The van der Waals surface area contributed by atoms with Gasteiger partial charge in [-0.2, -0.15) is 0 Å². The monoisotopic (exact) mass is 361 g/mol. The lowest BCUT2D eigenvalue weighted by Gasteiger charge is -2.34. The van der Waals surface area contributed by atoms with Crippen LogP contribution in [0.3, 0.4) is 0 Å². The minimum absolute atomic E-state index is 0.0766. The van der Waals surface area contributed by atoms with Crippen LogP contribution in [0.4, 0.5) is 0 Å². The predicted octanol–water partition coefficient (Wildman–Crippen LogP) is 2.59. The van der Waals surface area contributed by atoms with Crippen molar-refractivity contribution in [3.8, 4) is 11.3 Å². The Balaban J connectivity index is 1.50. The van der Waals surface area contributed by atoms with Crippen LogP contribution in [-0.2, 0) is 9.59 Å². The predicted molar refractivity (Wildman–Crippen MR) is 97.1 cm³/mol. The van der Waals surface area contributed by atoms with E-state index in [1.165, 1.54) is 11.8 Å². The first-order chi connectivity index (χ1) is 11.6. The molecule has 1 fully saturated rings. The van der Waals surface area contributed by atoms with Crippen molar-refractivity contribution in [1.29, 1.82) is 0 Å². The number of piperazine rings is 1. The van der Waals surface area contributed by atoms with Crippen molar-refractivity contribution in [3.05, 3.63) is 35.7 Å². The lowest BCUT2D eigenvalue weighted by molar-refractivity contribution is -0.136. The fraction of sp³-hybridized carbons (Fsp3) is 0.353. The van der Waals surface area contributed by atoms with Crippen LogP contribution in [0.15, 0.2) is 40.1 Å². The van der Waals surface area contributed by atoms with E-state index in [9.17, 15) is 9.59 Å². The molecule has 5 nitrogen and oxygen atoms in total. The summed E-state index contributed by atoms with van der Waals surface area (Å²) in [5, 5.41) is 2.02. The molecule has 0 saturated carbocycles. The van der Waals surface area contributed by atoms with Gasteiger partial charge in [0.05, 0.1) is 11.4 Å². The second-order valence-electron chi connectivity index (χ2n) is 5.54. The maximum atomic E-state index is 12.3. The van der Waals surface area contributed by atoms with Crippen molar-refractivity contribution in [2.24, 2.45) is 0 Å². The Morgan fingerprint density at radius 3 is 2.46 bits per heavy atom. The number of thioether (sulfide) groups is 1. The van der Waals surface area contributed by atoms with Gasteiger partial charge in [-0.3, -0.25) is 9.59 Å². The Bertz CT molecular complexity index is 710. The van der Waals surface area contributed by atoms with Crippen molar-refractivity contribution < 1.29 is 9.59 Å². The van der Waals surface area contributed by atoms with Crippen LogP contribution in [0.25, 0.3) is 11.3 Å². The Hall–Kier alpha value is -1.86. The molecule has 0 atom stereocenters. The summed E-state index contributed by atoms with van der Waals surface area (Å²) >= 11 is 3.05. The molecule has 2 aromatic rings. The number of carbonyl (C=O) groups is 2. The number of nitrogens with zero attached hydrogens (tertiary/aromatic N) is 3. The molecule has 1 aromatic heterocycles. The fourth-order valence-corrected chi connectivity index (χ4v) is 4.29. The van der Waals surface area contributed by atoms with Crippen LogP contribution in [0.2, 0.25) is 0 Å². The zero-order chi connectivity index (χ0) is 16.9. The first kappa shape index (κ1) is 17.0. The van der Waals surface area contributed by atoms with Crippen molar-refractivity contribution in [3.63, 3.8) is 0 Å². The summed E-state index contributed by atoms with van der Waals surface area (Å²) in [6.07, 6.45) is 0. The number of hydrogen-bond donors (Lipinski definition) is 0. The maximum absolute atomic E-state index is 12.3. The number of thiazole rings is 1. The number of benzene rings is 1. The van der Waals surface area contributed by atoms with Crippen molar-refractivity contribution >= 4 is 34.9 Å². The molecule has 0 aliphatic carbocycles. The molecular formula is C17H19N3O2S2. The van der Waals surface area contributed by atoms with E-state index in [2.05, 4.69) is 4.98 Å². The highest BCUT2D eigenvalue weighted by molar-refractivity contribution is 8.01. The fourth-order valence-electron chi connectivity index (χ4n) is 2.55. The van der Waals surface area contributed by atoms with Gasteiger partial charge < -0.3 is 9.80 Å². The number of aromatic nitrogens is 1. The van der Waals surface area contributed by atoms with Gasteiger partial charge in [-0.15, -0.1) is 11.3 Å². The molecule has 1 aliphatic rings. The van der Waals surface area contributed by atoms with Crippen LogP contribution >= 0.6 is 23.1 Å². The molecule has 0 unspecified atom stereocenters. The lowest BCUT2D eigenvalue weighted by atomic mass is 10.2. The Morgan fingerprint density at radius 2 is 1.79 bits per heavy atom. The molecule has 3 rings (SSSR count). The Labute approximate surface area is 149 Å². The molecule has 1 aliphatic heterocycles. The molecule has 2 amide bonds. The highest BCUT2D eigenvalue weighted by atomic mass is 32.2.